The van der Waals surface area contributed by atoms with Crippen molar-refractivity contribution in [3.63, 3.8) is 0 Å². The summed E-state index contributed by atoms with van der Waals surface area (Å²) in [5, 5.41) is 3.42. The molecule has 0 unspecified atom stereocenters. The van der Waals surface area contributed by atoms with Gasteiger partial charge in [0.2, 0.25) is 0 Å². The average molecular weight is 227 g/mol. The molecule has 1 heterocycles. The largest absolute Gasteiger partial charge is 0.380 e. The van der Waals surface area contributed by atoms with Crippen LogP contribution in [0.15, 0.2) is 16.9 Å². The molecule has 0 radical (unpaired) electrons. The third kappa shape index (κ3) is 1.78. The van der Waals surface area contributed by atoms with Gasteiger partial charge in [-0.2, -0.15) is 0 Å². The summed E-state index contributed by atoms with van der Waals surface area (Å²) in [5.41, 5.74) is 2.32. The molecule has 0 aliphatic heterocycles. The van der Waals surface area contributed by atoms with Crippen molar-refractivity contribution in [2.45, 2.75) is 25.8 Å². The summed E-state index contributed by atoms with van der Waals surface area (Å²) in [6.07, 6.45) is 4.45. The van der Waals surface area contributed by atoms with Crippen LogP contribution in [0.25, 0.3) is 0 Å². The Balaban J connectivity index is 2.21. The van der Waals surface area contributed by atoms with Gasteiger partial charge < -0.3 is 5.32 Å². The lowest BCUT2D eigenvalue weighted by Crippen LogP contribution is -2.02. The van der Waals surface area contributed by atoms with Crippen molar-refractivity contribution in [2.24, 2.45) is 0 Å². The van der Waals surface area contributed by atoms with Crippen LogP contribution in [0.5, 0.6) is 0 Å². The van der Waals surface area contributed by atoms with Gasteiger partial charge >= 0.3 is 0 Å². The number of nitrogens with one attached hydrogen (secondary N) is 1. The second-order valence-electron chi connectivity index (χ2n) is 3.27. The normalized spacial score (nSPS) is 16.2. The van der Waals surface area contributed by atoms with Gasteiger partial charge in [-0.05, 0) is 47.3 Å². The minimum absolute atomic E-state index is 0.685. The number of halogens is 1. The van der Waals surface area contributed by atoms with Crippen molar-refractivity contribution < 1.29 is 0 Å². The summed E-state index contributed by atoms with van der Waals surface area (Å²) in [4.78, 5) is 4.21. The van der Waals surface area contributed by atoms with Crippen molar-refractivity contribution in [1.29, 1.82) is 0 Å². The molecule has 3 heteroatoms. The Hall–Kier alpha value is -0.570. The van der Waals surface area contributed by atoms with E-state index in [1.54, 1.807) is 0 Å². The molecule has 0 atom stereocenters. The highest BCUT2D eigenvalue weighted by Crippen LogP contribution is 2.28. The number of aryl methyl sites for hydroxylation is 1. The maximum atomic E-state index is 4.21. The molecule has 0 saturated heterocycles. The highest BCUT2D eigenvalue weighted by Gasteiger charge is 2.21. The maximum Gasteiger partial charge on any atom is 0.129 e. The van der Waals surface area contributed by atoms with Gasteiger partial charge in [-0.15, -0.1) is 0 Å². The lowest BCUT2D eigenvalue weighted by molar-refractivity contribution is 1.12. The topological polar surface area (TPSA) is 24.9 Å². The monoisotopic (exact) mass is 226 g/mol. The Morgan fingerprint density at radius 2 is 2.33 bits per heavy atom. The molecular weight excluding hydrogens is 216 g/mol. The molecular formula is C9H11BrN2. The first-order chi connectivity index (χ1) is 5.75. The van der Waals surface area contributed by atoms with Crippen LogP contribution in [0.3, 0.4) is 0 Å². The molecule has 0 bridgehead atoms. The van der Waals surface area contributed by atoms with Gasteiger partial charge in [0.05, 0.1) is 5.69 Å². The SMILES string of the molecule is Cc1cnc(Br)c(NC2CC2)c1. The first-order valence-corrected chi connectivity index (χ1v) is 4.93. The van der Waals surface area contributed by atoms with E-state index in [4.69, 9.17) is 0 Å². The zero-order valence-electron chi connectivity index (χ0n) is 6.97. The summed E-state index contributed by atoms with van der Waals surface area (Å²) < 4.78 is 0.917. The lowest BCUT2D eigenvalue weighted by Gasteiger charge is -2.06. The first kappa shape index (κ1) is 8.05. The average Bonchev–Trinajstić information content (AvgIpc) is 2.81. The number of rotatable bonds is 2. The number of pyridine rings is 1. The van der Waals surface area contributed by atoms with Gasteiger partial charge in [0.25, 0.3) is 0 Å². The summed E-state index contributed by atoms with van der Waals surface area (Å²) in [6.45, 7) is 2.05. The van der Waals surface area contributed by atoms with Gasteiger partial charge in [0.1, 0.15) is 4.60 Å². The van der Waals surface area contributed by atoms with Crippen LogP contribution in [-0.4, -0.2) is 11.0 Å². The van der Waals surface area contributed by atoms with E-state index < -0.39 is 0 Å². The summed E-state index contributed by atoms with van der Waals surface area (Å²) in [5.74, 6) is 0. The summed E-state index contributed by atoms with van der Waals surface area (Å²) in [7, 11) is 0. The third-order valence-corrected chi connectivity index (χ3v) is 2.54. The van der Waals surface area contributed by atoms with E-state index in [0.29, 0.717) is 6.04 Å². The fraction of sp³-hybridized carbons (Fsp3) is 0.444. The molecule has 1 aromatic heterocycles. The third-order valence-electron chi connectivity index (χ3n) is 1.91. The standard InChI is InChI=1S/C9H11BrN2/c1-6-4-8(9(10)11-5-6)12-7-2-3-7/h4-5,7,12H,2-3H2,1H3. The van der Waals surface area contributed by atoms with Crippen LogP contribution in [0, 0.1) is 6.92 Å². The molecule has 1 saturated carbocycles. The second-order valence-corrected chi connectivity index (χ2v) is 4.02. The number of aromatic nitrogens is 1. The Labute approximate surface area is 80.5 Å². The number of hydrogen-bond acceptors (Lipinski definition) is 2. The van der Waals surface area contributed by atoms with Crippen LogP contribution in [0.1, 0.15) is 18.4 Å². The van der Waals surface area contributed by atoms with Crippen LogP contribution in [-0.2, 0) is 0 Å². The van der Waals surface area contributed by atoms with Crippen LogP contribution >= 0.6 is 15.9 Å². The Bertz CT molecular complexity index is 295. The smallest absolute Gasteiger partial charge is 0.129 e. The molecule has 1 N–H and O–H groups in total. The van der Waals surface area contributed by atoms with Crippen LogP contribution in [0.2, 0.25) is 0 Å². The predicted octanol–water partition coefficient (Wildman–Crippen LogP) is 2.73. The molecule has 2 rings (SSSR count). The highest BCUT2D eigenvalue weighted by molar-refractivity contribution is 9.10. The van der Waals surface area contributed by atoms with Crippen LogP contribution in [0.4, 0.5) is 5.69 Å². The molecule has 1 aliphatic carbocycles. The molecule has 0 amide bonds. The summed E-state index contributed by atoms with van der Waals surface area (Å²) >= 11 is 3.41. The van der Waals surface area contributed by atoms with Crippen molar-refractivity contribution in [3.05, 3.63) is 22.4 Å². The Morgan fingerprint density at radius 3 is 3.00 bits per heavy atom. The minimum Gasteiger partial charge on any atom is -0.380 e. The van der Waals surface area contributed by atoms with E-state index in [9.17, 15) is 0 Å². The molecule has 64 valence electrons. The van der Waals surface area contributed by atoms with E-state index in [2.05, 4.69) is 39.2 Å². The van der Waals surface area contributed by atoms with Crippen molar-refractivity contribution >= 4 is 21.6 Å². The highest BCUT2D eigenvalue weighted by atomic mass is 79.9. The Kier molecular flexibility index (Phi) is 2.05. The maximum absolute atomic E-state index is 4.21. The lowest BCUT2D eigenvalue weighted by atomic mass is 10.3. The molecule has 12 heavy (non-hydrogen) atoms. The van der Waals surface area contributed by atoms with E-state index in [0.717, 1.165) is 10.3 Å². The number of nitrogens with zero attached hydrogens (tertiary/aromatic N) is 1. The van der Waals surface area contributed by atoms with E-state index in [1.807, 2.05) is 6.20 Å². The van der Waals surface area contributed by atoms with E-state index in [-0.39, 0.29) is 0 Å². The molecule has 1 aliphatic rings. The summed E-state index contributed by atoms with van der Waals surface area (Å²) in [6, 6.07) is 2.81. The first-order valence-electron chi connectivity index (χ1n) is 4.14. The molecule has 2 nitrogen and oxygen atoms in total. The quantitative estimate of drug-likeness (QED) is 0.785. The zero-order valence-corrected chi connectivity index (χ0v) is 8.56. The van der Waals surface area contributed by atoms with Gasteiger partial charge in [0, 0.05) is 12.2 Å². The predicted molar refractivity (Wildman–Crippen MR) is 53.3 cm³/mol. The second kappa shape index (κ2) is 3.05. The molecule has 1 fully saturated rings. The van der Waals surface area contributed by atoms with Crippen molar-refractivity contribution in [1.82, 2.24) is 4.98 Å². The van der Waals surface area contributed by atoms with Crippen LogP contribution < -0.4 is 5.32 Å². The zero-order chi connectivity index (χ0) is 8.55. The van der Waals surface area contributed by atoms with E-state index >= 15 is 0 Å². The molecule has 0 spiro atoms. The Morgan fingerprint density at radius 1 is 1.58 bits per heavy atom. The number of anilines is 1. The van der Waals surface area contributed by atoms with Gasteiger partial charge in [0.15, 0.2) is 0 Å². The van der Waals surface area contributed by atoms with Gasteiger partial charge in [-0.3, -0.25) is 0 Å². The van der Waals surface area contributed by atoms with Crippen molar-refractivity contribution in [3.8, 4) is 0 Å². The fourth-order valence-corrected chi connectivity index (χ4v) is 1.43. The van der Waals surface area contributed by atoms with E-state index in [1.165, 1.54) is 18.4 Å². The molecule has 1 aromatic rings. The number of hydrogen-bond donors (Lipinski definition) is 1. The minimum atomic E-state index is 0.685. The van der Waals surface area contributed by atoms with Gasteiger partial charge in [-0.1, -0.05) is 0 Å². The fourth-order valence-electron chi connectivity index (χ4n) is 1.10. The van der Waals surface area contributed by atoms with Gasteiger partial charge in [-0.25, -0.2) is 4.98 Å². The molecule has 0 aromatic carbocycles. The van der Waals surface area contributed by atoms with Crippen molar-refractivity contribution in [2.75, 3.05) is 5.32 Å².